The first kappa shape index (κ1) is 11.1. The van der Waals surface area contributed by atoms with Crippen LogP contribution in [0.25, 0.3) is 0 Å². The Hall–Kier alpha value is -1.36. The van der Waals surface area contributed by atoms with E-state index < -0.39 is 24.3 Å². The highest BCUT2D eigenvalue weighted by Crippen LogP contribution is 2.17. The van der Waals surface area contributed by atoms with Gasteiger partial charge in [0.15, 0.2) is 10.2 Å². The summed E-state index contributed by atoms with van der Waals surface area (Å²) in [6.45, 7) is 0. The number of nitrogens with zero attached hydrogens (tertiary/aromatic N) is 2. The van der Waals surface area contributed by atoms with E-state index in [0.717, 1.165) is 10.0 Å². The van der Waals surface area contributed by atoms with Crippen molar-refractivity contribution in [2.45, 2.75) is 12.5 Å². The Morgan fingerprint density at radius 3 is 1.44 bits per heavy atom. The maximum absolute atomic E-state index is 11.1. The molecule has 2 amide bonds. The molecule has 0 radical (unpaired) electrons. The Labute approximate surface area is 99.8 Å². The van der Waals surface area contributed by atoms with Gasteiger partial charge in [0, 0.05) is 0 Å². The van der Waals surface area contributed by atoms with E-state index in [0.29, 0.717) is 0 Å². The molecule has 4 N–H and O–H groups in total. The molecule has 8 nitrogen and oxygen atoms in total. The molecule has 2 unspecified atom stereocenters. The van der Waals surface area contributed by atoms with E-state index in [1.165, 1.54) is 0 Å². The molecule has 2 heterocycles. The lowest BCUT2D eigenvalue weighted by molar-refractivity contribution is -0.151. The number of hydrogen-bond acceptors (Lipinski definition) is 6. The van der Waals surface area contributed by atoms with E-state index in [1.807, 2.05) is 0 Å². The molecule has 2 aliphatic heterocycles. The van der Waals surface area contributed by atoms with E-state index in [1.54, 1.807) is 0 Å². The van der Waals surface area contributed by atoms with Crippen LogP contribution in [0.3, 0.4) is 0 Å². The standard InChI is InChI=1S/C6H6N4O4S2/c11-1-3(13)9(5(15)7-1)10-4(14)2(12)8-6(10)16/h3-4,13-14H,(H,7,11,15)(H,8,12,16). The molecule has 2 aliphatic rings. The van der Waals surface area contributed by atoms with Gasteiger partial charge in [-0.1, -0.05) is 0 Å². The lowest BCUT2D eigenvalue weighted by Gasteiger charge is -2.31. The summed E-state index contributed by atoms with van der Waals surface area (Å²) in [5.74, 6) is -1.50. The van der Waals surface area contributed by atoms with Gasteiger partial charge in [-0.3, -0.25) is 20.2 Å². The van der Waals surface area contributed by atoms with Crippen molar-refractivity contribution in [1.82, 2.24) is 20.7 Å². The highest BCUT2D eigenvalue weighted by molar-refractivity contribution is 7.80. The maximum Gasteiger partial charge on any atom is 0.278 e. The summed E-state index contributed by atoms with van der Waals surface area (Å²) in [4.78, 5) is 22.2. The van der Waals surface area contributed by atoms with Crippen LogP contribution in [0.4, 0.5) is 0 Å². The molecule has 2 atom stereocenters. The van der Waals surface area contributed by atoms with E-state index in [9.17, 15) is 19.8 Å². The fraction of sp³-hybridized carbons (Fsp3) is 0.333. The number of carbonyl (C=O) groups excluding carboxylic acids is 2. The van der Waals surface area contributed by atoms with Gasteiger partial charge in [-0.15, -0.1) is 0 Å². The average Bonchev–Trinajstić information content (AvgIpc) is 2.57. The van der Waals surface area contributed by atoms with Gasteiger partial charge >= 0.3 is 0 Å². The molecule has 0 aliphatic carbocycles. The molecule has 2 fully saturated rings. The number of rotatable bonds is 1. The number of aliphatic hydroxyl groups is 2. The molecule has 16 heavy (non-hydrogen) atoms. The van der Waals surface area contributed by atoms with Crippen LogP contribution in [-0.4, -0.2) is 54.7 Å². The Kier molecular flexibility index (Phi) is 2.50. The van der Waals surface area contributed by atoms with Crippen molar-refractivity contribution in [2.24, 2.45) is 0 Å². The molecule has 0 spiro atoms. The van der Waals surface area contributed by atoms with Crippen LogP contribution in [0.5, 0.6) is 0 Å². The normalized spacial score (nSPS) is 29.9. The highest BCUT2D eigenvalue weighted by atomic mass is 32.1. The lowest BCUT2D eigenvalue weighted by Crippen LogP contribution is -2.53. The Morgan fingerprint density at radius 2 is 1.25 bits per heavy atom. The SMILES string of the molecule is O=C1NC(=S)N(N2C(=S)NC(=O)C2O)C1O. The van der Waals surface area contributed by atoms with Gasteiger partial charge in [-0.05, 0) is 24.4 Å². The van der Waals surface area contributed by atoms with Crippen LogP contribution in [0.1, 0.15) is 0 Å². The zero-order chi connectivity index (χ0) is 12.0. The van der Waals surface area contributed by atoms with Crippen LogP contribution in [-0.2, 0) is 9.59 Å². The van der Waals surface area contributed by atoms with Crippen molar-refractivity contribution in [3.63, 3.8) is 0 Å². The number of carbonyl (C=O) groups is 2. The number of amides is 2. The Balaban J connectivity index is 2.31. The minimum atomic E-state index is -1.62. The molecule has 86 valence electrons. The number of nitrogens with one attached hydrogen (secondary N) is 2. The zero-order valence-corrected chi connectivity index (χ0v) is 9.21. The van der Waals surface area contributed by atoms with Gasteiger partial charge in [0.05, 0.1) is 0 Å². The third-order valence-corrected chi connectivity index (χ3v) is 2.62. The smallest absolute Gasteiger partial charge is 0.278 e. The van der Waals surface area contributed by atoms with Gasteiger partial charge < -0.3 is 10.2 Å². The van der Waals surface area contributed by atoms with E-state index >= 15 is 0 Å². The monoisotopic (exact) mass is 262 g/mol. The molecule has 0 aromatic rings. The minimum Gasteiger partial charge on any atom is -0.364 e. The second-order valence-corrected chi connectivity index (χ2v) is 3.80. The highest BCUT2D eigenvalue weighted by Gasteiger charge is 2.47. The summed E-state index contributed by atoms with van der Waals surface area (Å²) >= 11 is 9.52. The van der Waals surface area contributed by atoms with Crippen molar-refractivity contribution < 1.29 is 19.8 Å². The predicted molar refractivity (Wildman–Crippen MR) is 57.2 cm³/mol. The summed E-state index contributed by atoms with van der Waals surface area (Å²) < 4.78 is 0. The minimum absolute atomic E-state index is 0.143. The average molecular weight is 262 g/mol. The van der Waals surface area contributed by atoms with E-state index in [4.69, 9.17) is 24.4 Å². The Bertz CT molecular complexity index is 375. The second-order valence-electron chi connectivity index (χ2n) is 3.03. The number of thiocarbonyl (C=S) groups is 2. The van der Waals surface area contributed by atoms with Gasteiger partial charge in [0.2, 0.25) is 12.5 Å². The van der Waals surface area contributed by atoms with Gasteiger partial charge in [-0.25, -0.2) is 10.0 Å². The number of aliphatic hydroxyl groups excluding tert-OH is 2. The van der Waals surface area contributed by atoms with Crippen LogP contribution in [0, 0.1) is 0 Å². The predicted octanol–water partition coefficient (Wildman–Crippen LogP) is -3.03. The lowest BCUT2D eigenvalue weighted by atomic mass is 10.5. The molecular weight excluding hydrogens is 256 g/mol. The fourth-order valence-corrected chi connectivity index (χ4v) is 1.91. The first-order valence-corrected chi connectivity index (χ1v) is 4.89. The molecule has 2 saturated heterocycles. The van der Waals surface area contributed by atoms with Crippen LogP contribution in [0.2, 0.25) is 0 Å². The van der Waals surface area contributed by atoms with E-state index in [2.05, 4.69) is 10.6 Å². The molecule has 10 heteroatoms. The number of hydrogen-bond donors (Lipinski definition) is 4. The second kappa shape index (κ2) is 3.59. The summed E-state index contributed by atoms with van der Waals surface area (Å²) in [5, 5.41) is 24.7. The van der Waals surface area contributed by atoms with Crippen LogP contribution in [0.15, 0.2) is 0 Å². The van der Waals surface area contributed by atoms with Gasteiger partial charge in [0.1, 0.15) is 0 Å². The molecule has 0 aromatic heterocycles. The summed E-state index contributed by atoms with van der Waals surface area (Å²) in [5.41, 5.74) is 0. The summed E-state index contributed by atoms with van der Waals surface area (Å²) in [6.07, 6.45) is -3.24. The summed E-state index contributed by atoms with van der Waals surface area (Å²) in [6, 6.07) is 0. The number of hydrazine groups is 1. The van der Waals surface area contributed by atoms with Gasteiger partial charge in [-0.2, -0.15) is 0 Å². The fourth-order valence-electron chi connectivity index (χ4n) is 1.33. The van der Waals surface area contributed by atoms with Crippen molar-refractivity contribution >= 4 is 46.5 Å². The molecule has 0 aromatic carbocycles. The molecular formula is C6H6N4O4S2. The topological polar surface area (TPSA) is 105 Å². The van der Waals surface area contributed by atoms with Crippen LogP contribution >= 0.6 is 24.4 Å². The third-order valence-electron chi connectivity index (χ3n) is 2.04. The first-order chi connectivity index (χ1) is 7.43. The van der Waals surface area contributed by atoms with Crippen LogP contribution < -0.4 is 10.6 Å². The third kappa shape index (κ3) is 1.43. The molecule has 0 saturated carbocycles. The zero-order valence-electron chi connectivity index (χ0n) is 7.58. The van der Waals surface area contributed by atoms with Crippen molar-refractivity contribution in [3.8, 4) is 0 Å². The quantitative estimate of drug-likeness (QED) is 0.370. The maximum atomic E-state index is 11.1. The van der Waals surface area contributed by atoms with Crippen molar-refractivity contribution in [2.75, 3.05) is 0 Å². The Morgan fingerprint density at radius 1 is 0.938 bits per heavy atom. The molecule has 0 bridgehead atoms. The summed E-state index contributed by atoms with van der Waals surface area (Å²) in [7, 11) is 0. The molecule has 2 rings (SSSR count). The first-order valence-electron chi connectivity index (χ1n) is 4.07. The van der Waals surface area contributed by atoms with E-state index in [-0.39, 0.29) is 10.2 Å². The van der Waals surface area contributed by atoms with Gasteiger partial charge in [0.25, 0.3) is 11.8 Å². The largest absolute Gasteiger partial charge is 0.364 e. The van der Waals surface area contributed by atoms with Crippen molar-refractivity contribution in [3.05, 3.63) is 0 Å². The van der Waals surface area contributed by atoms with Crippen molar-refractivity contribution in [1.29, 1.82) is 0 Å².